The van der Waals surface area contributed by atoms with Crippen molar-refractivity contribution >= 4 is 0 Å². The van der Waals surface area contributed by atoms with E-state index in [2.05, 4.69) is 19.7 Å². The molecular formula is C17H22N4O4. The standard InChI is InChI=1S/C17H22N4O4/c1-12-18-19-17-8-20(4-5-21(12)17)7-14(22)10-23-9-13-2-3-15-16(6-13)25-11-24-15/h2-3,6,14,22H,4-5,7-11H2,1H3. The van der Waals surface area contributed by atoms with E-state index in [0.717, 1.165) is 41.8 Å². The maximum absolute atomic E-state index is 10.2. The molecule has 1 N–H and O–H groups in total. The van der Waals surface area contributed by atoms with E-state index in [1.54, 1.807) is 0 Å². The second kappa shape index (κ2) is 6.99. The number of rotatable bonds is 6. The lowest BCUT2D eigenvalue weighted by Crippen LogP contribution is -2.40. The molecule has 1 aromatic carbocycles. The summed E-state index contributed by atoms with van der Waals surface area (Å²) in [5.41, 5.74) is 0.998. The fourth-order valence-electron chi connectivity index (χ4n) is 3.20. The highest BCUT2D eigenvalue weighted by Crippen LogP contribution is 2.32. The summed E-state index contributed by atoms with van der Waals surface area (Å²) in [6.07, 6.45) is -0.537. The quantitative estimate of drug-likeness (QED) is 0.825. The molecule has 2 aliphatic rings. The Morgan fingerprint density at radius 2 is 2.12 bits per heavy atom. The van der Waals surface area contributed by atoms with Gasteiger partial charge in [-0.1, -0.05) is 6.07 Å². The molecule has 0 saturated carbocycles. The Labute approximate surface area is 145 Å². The zero-order valence-corrected chi connectivity index (χ0v) is 14.2. The fourth-order valence-corrected chi connectivity index (χ4v) is 3.20. The second-order valence-electron chi connectivity index (χ2n) is 6.41. The Hall–Kier alpha value is -2.16. The zero-order valence-electron chi connectivity index (χ0n) is 14.2. The molecule has 2 aromatic rings. The van der Waals surface area contributed by atoms with E-state index in [4.69, 9.17) is 14.2 Å². The van der Waals surface area contributed by atoms with Gasteiger partial charge in [0, 0.05) is 19.6 Å². The third kappa shape index (κ3) is 3.60. The van der Waals surface area contributed by atoms with Gasteiger partial charge < -0.3 is 23.9 Å². The number of benzene rings is 1. The molecule has 2 aliphatic heterocycles. The van der Waals surface area contributed by atoms with Crippen LogP contribution in [0.25, 0.3) is 0 Å². The van der Waals surface area contributed by atoms with Gasteiger partial charge in [-0.05, 0) is 24.6 Å². The van der Waals surface area contributed by atoms with Gasteiger partial charge >= 0.3 is 0 Å². The number of hydrogen-bond donors (Lipinski definition) is 1. The van der Waals surface area contributed by atoms with Crippen LogP contribution in [0.4, 0.5) is 0 Å². The Morgan fingerprint density at radius 1 is 1.24 bits per heavy atom. The Bertz CT molecular complexity index is 748. The number of fused-ring (bicyclic) bond motifs is 2. The summed E-state index contributed by atoms with van der Waals surface area (Å²) in [6.45, 7) is 5.96. The number of nitrogens with zero attached hydrogens (tertiary/aromatic N) is 4. The highest BCUT2D eigenvalue weighted by molar-refractivity contribution is 5.44. The Kier molecular flexibility index (Phi) is 4.56. The molecule has 0 saturated heterocycles. The van der Waals surface area contributed by atoms with E-state index in [-0.39, 0.29) is 13.4 Å². The van der Waals surface area contributed by atoms with Crippen molar-refractivity contribution in [3.63, 3.8) is 0 Å². The first kappa shape index (κ1) is 16.3. The first-order chi connectivity index (χ1) is 12.2. The van der Waals surface area contributed by atoms with E-state index in [9.17, 15) is 5.11 Å². The van der Waals surface area contributed by atoms with Crippen molar-refractivity contribution in [2.75, 3.05) is 26.5 Å². The van der Waals surface area contributed by atoms with E-state index in [1.807, 2.05) is 25.1 Å². The molecule has 8 heteroatoms. The molecule has 134 valence electrons. The average Bonchev–Trinajstić information content (AvgIpc) is 3.21. The zero-order chi connectivity index (χ0) is 17.2. The summed E-state index contributed by atoms with van der Waals surface area (Å²) in [5, 5.41) is 18.5. The van der Waals surface area contributed by atoms with Crippen molar-refractivity contribution in [3.05, 3.63) is 35.4 Å². The average molecular weight is 346 g/mol. The maximum Gasteiger partial charge on any atom is 0.231 e. The SMILES string of the molecule is Cc1nnc2n1CCN(CC(O)COCc1ccc3c(c1)OCO3)C2. The summed E-state index contributed by atoms with van der Waals surface area (Å²) >= 11 is 0. The van der Waals surface area contributed by atoms with E-state index >= 15 is 0 Å². The van der Waals surface area contributed by atoms with Gasteiger partial charge in [-0.3, -0.25) is 4.90 Å². The van der Waals surface area contributed by atoms with E-state index in [1.165, 1.54) is 0 Å². The number of aromatic nitrogens is 3. The predicted molar refractivity (Wildman–Crippen MR) is 88.3 cm³/mol. The lowest BCUT2D eigenvalue weighted by atomic mass is 10.2. The highest BCUT2D eigenvalue weighted by atomic mass is 16.7. The van der Waals surface area contributed by atoms with Gasteiger partial charge in [-0.25, -0.2) is 0 Å². The predicted octanol–water partition coefficient (Wildman–Crippen LogP) is 0.709. The van der Waals surface area contributed by atoms with Crippen molar-refractivity contribution in [2.24, 2.45) is 0 Å². The smallest absolute Gasteiger partial charge is 0.231 e. The minimum Gasteiger partial charge on any atom is -0.454 e. The molecule has 0 aliphatic carbocycles. The van der Waals surface area contributed by atoms with Crippen molar-refractivity contribution in [1.29, 1.82) is 0 Å². The molecule has 0 spiro atoms. The third-order valence-electron chi connectivity index (χ3n) is 4.50. The molecule has 0 fully saturated rings. The van der Waals surface area contributed by atoms with Crippen molar-refractivity contribution < 1.29 is 19.3 Å². The lowest BCUT2D eigenvalue weighted by molar-refractivity contribution is 0.00534. The number of hydrogen-bond acceptors (Lipinski definition) is 7. The molecule has 4 rings (SSSR count). The van der Waals surface area contributed by atoms with Crippen LogP contribution >= 0.6 is 0 Å². The van der Waals surface area contributed by atoms with Gasteiger partial charge in [-0.2, -0.15) is 0 Å². The molecular weight excluding hydrogens is 324 g/mol. The largest absolute Gasteiger partial charge is 0.454 e. The molecule has 0 bridgehead atoms. The monoisotopic (exact) mass is 346 g/mol. The summed E-state index contributed by atoms with van der Waals surface area (Å²) in [7, 11) is 0. The van der Waals surface area contributed by atoms with Crippen molar-refractivity contribution in [2.45, 2.75) is 32.7 Å². The molecule has 1 atom stereocenters. The first-order valence-electron chi connectivity index (χ1n) is 8.44. The molecule has 25 heavy (non-hydrogen) atoms. The topological polar surface area (TPSA) is 81.9 Å². The van der Waals surface area contributed by atoms with Gasteiger partial charge in [-0.15, -0.1) is 10.2 Å². The van der Waals surface area contributed by atoms with Gasteiger partial charge in [0.15, 0.2) is 11.5 Å². The normalized spacial score (nSPS) is 17.5. The van der Waals surface area contributed by atoms with Crippen LogP contribution in [0.1, 0.15) is 17.2 Å². The van der Waals surface area contributed by atoms with Crippen LogP contribution in [-0.2, 0) is 24.4 Å². The Balaban J connectivity index is 1.22. The molecule has 8 nitrogen and oxygen atoms in total. The van der Waals surface area contributed by atoms with Crippen molar-refractivity contribution in [1.82, 2.24) is 19.7 Å². The third-order valence-corrected chi connectivity index (χ3v) is 4.50. The first-order valence-corrected chi connectivity index (χ1v) is 8.44. The Morgan fingerprint density at radius 3 is 3.04 bits per heavy atom. The molecule has 3 heterocycles. The van der Waals surface area contributed by atoms with Gasteiger partial charge in [0.05, 0.1) is 25.9 Å². The van der Waals surface area contributed by atoms with Crippen molar-refractivity contribution in [3.8, 4) is 11.5 Å². The number of β-amino-alcohol motifs (C(OH)–C–C–N with tert-alkyl or cyclic N) is 1. The summed E-state index contributed by atoms with van der Waals surface area (Å²) in [6, 6.07) is 5.73. The van der Waals surface area contributed by atoms with E-state index < -0.39 is 6.10 Å². The fraction of sp³-hybridized carbons (Fsp3) is 0.529. The van der Waals surface area contributed by atoms with Crippen LogP contribution in [-0.4, -0.2) is 57.4 Å². The van der Waals surface area contributed by atoms with Gasteiger partial charge in [0.25, 0.3) is 0 Å². The number of ether oxygens (including phenoxy) is 3. The summed E-state index contributed by atoms with van der Waals surface area (Å²) in [5.74, 6) is 3.41. The van der Waals surface area contributed by atoms with Crippen LogP contribution in [0.3, 0.4) is 0 Å². The highest BCUT2D eigenvalue weighted by Gasteiger charge is 2.21. The van der Waals surface area contributed by atoms with Gasteiger partial charge in [0.2, 0.25) is 6.79 Å². The molecule has 0 radical (unpaired) electrons. The maximum atomic E-state index is 10.2. The second-order valence-corrected chi connectivity index (χ2v) is 6.41. The van der Waals surface area contributed by atoms with Crippen LogP contribution in [0.5, 0.6) is 11.5 Å². The molecule has 1 aromatic heterocycles. The van der Waals surface area contributed by atoms with Crippen LogP contribution in [0.2, 0.25) is 0 Å². The number of aliphatic hydroxyl groups excluding tert-OH is 1. The minimum atomic E-state index is -0.537. The lowest BCUT2D eigenvalue weighted by Gasteiger charge is -2.29. The summed E-state index contributed by atoms with van der Waals surface area (Å²) < 4.78 is 18.4. The van der Waals surface area contributed by atoms with Crippen LogP contribution in [0.15, 0.2) is 18.2 Å². The van der Waals surface area contributed by atoms with Crippen LogP contribution in [0, 0.1) is 6.92 Å². The molecule has 1 unspecified atom stereocenters. The molecule has 0 amide bonds. The van der Waals surface area contributed by atoms with Gasteiger partial charge in [0.1, 0.15) is 11.6 Å². The summed E-state index contributed by atoms with van der Waals surface area (Å²) in [4.78, 5) is 2.18. The van der Waals surface area contributed by atoms with Crippen LogP contribution < -0.4 is 9.47 Å². The minimum absolute atomic E-state index is 0.265. The van der Waals surface area contributed by atoms with E-state index in [0.29, 0.717) is 19.7 Å². The number of aryl methyl sites for hydroxylation is 1. The number of aliphatic hydroxyl groups is 1.